The maximum atomic E-state index is 14.4. The number of hydrogen-bond acceptors (Lipinski definition) is 5. The average Bonchev–Trinajstić information content (AvgIpc) is 2.61. The van der Waals surface area contributed by atoms with Gasteiger partial charge in [0.2, 0.25) is 0 Å². The number of halogens is 5. The quantitative estimate of drug-likeness (QED) is 0.561. The summed E-state index contributed by atoms with van der Waals surface area (Å²) >= 11 is 3.06. The Kier molecular flexibility index (Phi) is 5.06. The van der Waals surface area contributed by atoms with Crippen molar-refractivity contribution in [3.63, 3.8) is 0 Å². The molecular formula is C16H9BrF4N4O3. The highest BCUT2D eigenvalue weighted by Crippen LogP contribution is 2.32. The van der Waals surface area contributed by atoms with Crippen molar-refractivity contribution in [2.75, 3.05) is 0 Å². The lowest BCUT2D eigenvalue weighted by atomic mass is 10.2. The monoisotopic (exact) mass is 460 g/mol. The van der Waals surface area contributed by atoms with Gasteiger partial charge in [-0.05, 0) is 28.1 Å². The first kappa shape index (κ1) is 19.7. The van der Waals surface area contributed by atoms with E-state index in [-0.39, 0.29) is 31.4 Å². The fraction of sp³-hybridized carbons (Fsp3) is 0.125. The third-order valence-electron chi connectivity index (χ3n) is 3.60. The Balaban J connectivity index is 2.20. The van der Waals surface area contributed by atoms with Gasteiger partial charge in [-0.15, -0.1) is 0 Å². The lowest BCUT2D eigenvalue weighted by Crippen LogP contribution is -2.41. The SMILES string of the molecule is Cn1c(C(F)(F)F)cc(=O)n(-c2cc(Oc3ncccn3)c(Br)cc2F)c1=O. The average molecular weight is 461 g/mol. The molecule has 3 aromatic rings. The molecule has 0 amide bonds. The summed E-state index contributed by atoms with van der Waals surface area (Å²) < 4.78 is 59.3. The van der Waals surface area contributed by atoms with Crippen molar-refractivity contribution in [2.24, 2.45) is 7.05 Å². The molecule has 2 aromatic heterocycles. The van der Waals surface area contributed by atoms with Crippen LogP contribution in [0.1, 0.15) is 5.69 Å². The van der Waals surface area contributed by atoms with Crippen molar-refractivity contribution in [2.45, 2.75) is 6.18 Å². The molecule has 0 saturated carbocycles. The number of aromatic nitrogens is 4. The van der Waals surface area contributed by atoms with Gasteiger partial charge in [0, 0.05) is 31.6 Å². The highest BCUT2D eigenvalue weighted by atomic mass is 79.9. The Hall–Kier alpha value is -3.02. The third kappa shape index (κ3) is 3.67. The molecule has 0 aliphatic rings. The molecule has 3 rings (SSSR count). The van der Waals surface area contributed by atoms with E-state index in [0.29, 0.717) is 0 Å². The molecule has 0 radical (unpaired) electrons. The highest BCUT2D eigenvalue weighted by Gasteiger charge is 2.35. The number of rotatable bonds is 3. The van der Waals surface area contributed by atoms with Gasteiger partial charge in [-0.1, -0.05) is 0 Å². The predicted molar refractivity (Wildman–Crippen MR) is 92.0 cm³/mol. The van der Waals surface area contributed by atoms with Crippen LogP contribution >= 0.6 is 15.9 Å². The fourth-order valence-electron chi connectivity index (χ4n) is 2.32. The molecule has 0 aliphatic heterocycles. The summed E-state index contributed by atoms with van der Waals surface area (Å²) in [6.07, 6.45) is -2.16. The van der Waals surface area contributed by atoms with Crippen LogP contribution in [0.15, 0.2) is 50.7 Å². The molecule has 0 saturated heterocycles. The lowest BCUT2D eigenvalue weighted by molar-refractivity contribution is -0.144. The summed E-state index contributed by atoms with van der Waals surface area (Å²) in [5.41, 5.74) is -4.76. The number of nitrogens with zero attached hydrogens (tertiary/aromatic N) is 4. The van der Waals surface area contributed by atoms with E-state index in [1.807, 2.05) is 0 Å². The summed E-state index contributed by atoms with van der Waals surface area (Å²) in [5, 5.41) is 0. The third-order valence-corrected chi connectivity index (χ3v) is 4.22. The number of ether oxygens (including phenoxy) is 1. The van der Waals surface area contributed by atoms with Crippen LogP contribution in [0.5, 0.6) is 11.8 Å². The smallest absolute Gasteiger partial charge is 0.423 e. The van der Waals surface area contributed by atoms with Gasteiger partial charge in [0.1, 0.15) is 17.3 Å². The highest BCUT2D eigenvalue weighted by molar-refractivity contribution is 9.10. The van der Waals surface area contributed by atoms with Crippen LogP contribution < -0.4 is 16.0 Å². The molecule has 0 spiro atoms. The van der Waals surface area contributed by atoms with Gasteiger partial charge in [-0.3, -0.25) is 9.36 Å². The molecule has 146 valence electrons. The first-order chi connectivity index (χ1) is 13.1. The fourth-order valence-corrected chi connectivity index (χ4v) is 2.72. The van der Waals surface area contributed by atoms with Crippen molar-refractivity contribution >= 4 is 15.9 Å². The first-order valence-electron chi connectivity index (χ1n) is 7.44. The lowest BCUT2D eigenvalue weighted by Gasteiger charge is -2.15. The zero-order chi connectivity index (χ0) is 20.6. The largest absolute Gasteiger partial charge is 0.431 e. The second-order valence-corrected chi connectivity index (χ2v) is 6.26. The van der Waals surface area contributed by atoms with Crippen LogP contribution in [0.25, 0.3) is 5.69 Å². The summed E-state index contributed by atoms with van der Waals surface area (Å²) in [7, 11) is 0.826. The molecule has 0 aliphatic carbocycles. The van der Waals surface area contributed by atoms with E-state index < -0.39 is 34.6 Å². The van der Waals surface area contributed by atoms with Crippen molar-refractivity contribution in [3.05, 3.63) is 73.5 Å². The Labute approximate surface area is 162 Å². The van der Waals surface area contributed by atoms with Crippen molar-refractivity contribution in [1.82, 2.24) is 19.1 Å². The van der Waals surface area contributed by atoms with Crippen LogP contribution in [0, 0.1) is 5.82 Å². The second kappa shape index (κ2) is 7.19. The van der Waals surface area contributed by atoms with Crippen LogP contribution in [0.2, 0.25) is 0 Å². The van der Waals surface area contributed by atoms with Crippen molar-refractivity contribution in [1.29, 1.82) is 0 Å². The Morgan fingerprint density at radius 3 is 2.36 bits per heavy atom. The van der Waals surface area contributed by atoms with E-state index >= 15 is 0 Å². The molecular weight excluding hydrogens is 452 g/mol. The van der Waals surface area contributed by atoms with Crippen LogP contribution in [-0.4, -0.2) is 19.1 Å². The molecule has 0 bridgehead atoms. The minimum Gasteiger partial charge on any atom is -0.423 e. The van der Waals surface area contributed by atoms with Gasteiger partial charge >= 0.3 is 17.9 Å². The van der Waals surface area contributed by atoms with Crippen LogP contribution in [0.3, 0.4) is 0 Å². The van der Waals surface area contributed by atoms with Gasteiger partial charge in [-0.25, -0.2) is 23.7 Å². The van der Waals surface area contributed by atoms with Crippen LogP contribution in [0.4, 0.5) is 17.6 Å². The minimum absolute atomic E-state index is 0.0588. The number of benzene rings is 1. The standard InChI is InChI=1S/C16H9BrF4N4O3/c1-24-12(16(19,20)21)7-13(26)25(15(24)27)10-6-11(8(17)5-9(10)18)28-14-22-3-2-4-23-14/h2-7H,1H3. The Morgan fingerprint density at radius 2 is 1.75 bits per heavy atom. The molecule has 0 unspecified atom stereocenters. The molecule has 7 nitrogen and oxygen atoms in total. The zero-order valence-electron chi connectivity index (χ0n) is 13.9. The van der Waals surface area contributed by atoms with E-state index in [0.717, 1.165) is 19.2 Å². The molecule has 0 atom stereocenters. The first-order valence-corrected chi connectivity index (χ1v) is 8.23. The summed E-state index contributed by atoms with van der Waals surface area (Å²) in [6.45, 7) is 0. The van der Waals surface area contributed by atoms with E-state index in [1.165, 1.54) is 18.5 Å². The Bertz CT molecular complexity index is 1160. The molecule has 0 fully saturated rings. The maximum Gasteiger partial charge on any atom is 0.431 e. The van der Waals surface area contributed by atoms with E-state index in [2.05, 4.69) is 25.9 Å². The molecule has 0 N–H and O–H groups in total. The topological polar surface area (TPSA) is 79.0 Å². The Morgan fingerprint density at radius 1 is 1.11 bits per heavy atom. The van der Waals surface area contributed by atoms with Gasteiger partial charge in [0.15, 0.2) is 0 Å². The second-order valence-electron chi connectivity index (χ2n) is 5.41. The van der Waals surface area contributed by atoms with Crippen molar-refractivity contribution < 1.29 is 22.3 Å². The predicted octanol–water partition coefficient (Wildman–Crippen LogP) is 3.04. The minimum atomic E-state index is -4.93. The molecule has 1 aromatic carbocycles. The van der Waals surface area contributed by atoms with Gasteiger partial charge in [0.05, 0.1) is 10.2 Å². The summed E-state index contributed by atoms with van der Waals surface area (Å²) in [6, 6.07) is 3.52. The molecule has 28 heavy (non-hydrogen) atoms. The molecule has 12 heteroatoms. The van der Waals surface area contributed by atoms with Crippen LogP contribution in [-0.2, 0) is 13.2 Å². The number of alkyl halides is 3. The summed E-state index contributed by atoms with van der Waals surface area (Å²) in [4.78, 5) is 32.2. The van der Waals surface area contributed by atoms with E-state index in [4.69, 9.17) is 4.74 Å². The zero-order valence-corrected chi connectivity index (χ0v) is 15.5. The van der Waals surface area contributed by atoms with Crippen molar-refractivity contribution in [3.8, 4) is 17.4 Å². The normalized spacial score (nSPS) is 11.5. The van der Waals surface area contributed by atoms with Gasteiger partial charge < -0.3 is 4.74 Å². The number of hydrogen-bond donors (Lipinski definition) is 0. The molecule has 2 heterocycles. The van der Waals surface area contributed by atoms with E-state index in [9.17, 15) is 27.2 Å². The summed E-state index contributed by atoms with van der Waals surface area (Å²) in [5.74, 6) is -1.09. The van der Waals surface area contributed by atoms with Gasteiger partial charge in [0.25, 0.3) is 5.56 Å². The van der Waals surface area contributed by atoms with Gasteiger partial charge in [-0.2, -0.15) is 13.2 Å². The maximum absolute atomic E-state index is 14.4. The van der Waals surface area contributed by atoms with E-state index in [1.54, 1.807) is 0 Å².